The van der Waals surface area contributed by atoms with Crippen LogP contribution in [0.25, 0.3) is 0 Å². The Labute approximate surface area is 127 Å². The number of hydrogen-bond acceptors (Lipinski definition) is 0. The maximum absolute atomic E-state index is 3.96. The first-order valence-corrected chi connectivity index (χ1v) is 8.88. The van der Waals surface area contributed by atoms with Gasteiger partial charge in [0.15, 0.2) is 0 Å². The van der Waals surface area contributed by atoms with E-state index in [4.69, 9.17) is 0 Å². The summed E-state index contributed by atoms with van der Waals surface area (Å²) in [6.07, 6.45) is 9.70. The summed E-state index contributed by atoms with van der Waals surface area (Å²) < 4.78 is 0. The van der Waals surface area contributed by atoms with E-state index in [2.05, 4.69) is 54.0 Å². The summed E-state index contributed by atoms with van der Waals surface area (Å²) in [4.78, 5) is 0.552. The highest BCUT2D eigenvalue weighted by Crippen LogP contribution is 2.39. The summed E-state index contributed by atoms with van der Waals surface area (Å²) in [7, 11) is 0. The van der Waals surface area contributed by atoms with E-state index in [0.717, 1.165) is 5.92 Å². The van der Waals surface area contributed by atoms with Gasteiger partial charge in [0.2, 0.25) is 0 Å². The second-order valence-corrected chi connectivity index (χ2v) is 7.12. The van der Waals surface area contributed by atoms with Gasteiger partial charge in [-0.2, -0.15) is 0 Å². The van der Waals surface area contributed by atoms with Crippen LogP contribution in [0.4, 0.5) is 0 Å². The molecule has 2 atom stereocenters. The molecule has 0 saturated heterocycles. The van der Waals surface area contributed by atoms with Crippen LogP contribution in [0.5, 0.6) is 0 Å². The van der Waals surface area contributed by atoms with Crippen LogP contribution in [0.1, 0.15) is 80.7 Å². The zero-order valence-electron chi connectivity index (χ0n) is 12.4. The molecule has 1 saturated carbocycles. The van der Waals surface area contributed by atoms with Gasteiger partial charge in [0, 0.05) is 4.83 Å². The maximum Gasteiger partial charge on any atom is 0.0423 e. The van der Waals surface area contributed by atoms with Crippen molar-refractivity contribution in [3.05, 3.63) is 35.4 Å². The number of hydrogen-bond donors (Lipinski definition) is 0. The highest BCUT2D eigenvalue weighted by molar-refractivity contribution is 9.09. The standard InChI is InChI=1S/C18H27Br/c1-3-14(2)15-10-12-17(13-11-15)18(19)16-8-6-4-5-7-9-16/h10-14,16,18H,3-9H2,1-2H3. The Bertz CT molecular complexity index is 360. The molecule has 0 nitrogen and oxygen atoms in total. The van der Waals surface area contributed by atoms with E-state index < -0.39 is 0 Å². The van der Waals surface area contributed by atoms with Gasteiger partial charge < -0.3 is 0 Å². The second kappa shape index (κ2) is 7.47. The van der Waals surface area contributed by atoms with Crippen molar-refractivity contribution in [2.24, 2.45) is 5.92 Å². The minimum atomic E-state index is 0.552. The molecule has 0 aliphatic heterocycles. The molecule has 0 heterocycles. The van der Waals surface area contributed by atoms with E-state index in [-0.39, 0.29) is 0 Å². The van der Waals surface area contributed by atoms with E-state index in [1.165, 1.54) is 56.1 Å². The third kappa shape index (κ3) is 4.08. The van der Waals surface area contributed by atoms with Crippen LogP contribution in [0.15, 0.2) is 24.3 Å². The van der Waals surface area contributed by atoms with Crippen molar-refractivity contribution in [3.8, 4) is 0 Å². The summed E-state index contributed by atoms with van der Waals surface area (Å²) in [6.45, 7) is 4.57. The predicted octanol–water partition coefficient (Wildman–Crippen LogP) is 6.61. The zero-order chi connectivity index (χ0) is 13.7. The van der Waals surface area contributed by atoms with Gasteiger partial charge >= 0.3 is 0 Å². The van der Waals surface area contributed by atoms with E-state index >= 15 is 0 Å². The molecule has 1 aromatic rings. The van der Waals surface area contributed by atoms with E-state index in [1.807, 2.05) is 0 Å². The number of benzene rings is 1. The Morgan fingerprint density at radius 1 is 1.00 bits per heavy atom. The first-order valence-electron chi connectivity index (χ1n) is 7.96. The lowest BCUT2D eigenvalue weighted by Gasteiger charge is -2.22. The monoisotopic (exact) mass is 322 g/mol. The molecule has 19 heavy (non-hydrogen) atoms. The Balaban J connectivity index is 2.03. The largest absolute Gasteiger partial charge is 0.0836 e. The van der Waals surface area contributed by atoms with Crippen molar-refractivity contribution in [1.82, 2.24) is 0 Å². The number of halogens is 1. The fourth-order valence-corrected chi connectivity index (χ4v) is 3.95. The Morgan fingerprint density at radius 3 is 2.05 bits per heavy atom. The normalized spacial score (nSPS) is 20.8. The molecule has 2 unspecified atom stereocenters. The average molecular weight is 323 g/mol. The van der Waals surface area contributed by atoms with Crippen molar-refractivity contribution in [2.45, 2.75) is 69.5 Å². The molecule has 106 valence electrons. The van der Waals surface area contributed by atoms with Gasteiger partial charge in [-0.3, -0.25) is 0 Å². The van der Waals surface area contributed by atoms with Crippen molar-refractivity contribution in [1.29, 1.82) is 0 Å². The van der Waals surface area contributed by atoms with Crippen LogP contribution in [0, 0.1) is 5.92 Å². The summed E-state index contributed by atoms with van der Waals surface area (Å²) in [5.41, 5.74) is 2.95. The van der Waals surface area contributed by atoms with Gasteiger partial charge in [-0.25, -0.2) is 0 Å². The summed E-state index contributed by atoms with van der Waals surface area (Å²) in [5, 5.41) is 0. The van der Waals surface area contributed by atoms with E-state index in [1.54, 1.807) is 0 Å². The van der Waals surface area contributed by atoms with Crippen LogP contribution < -0.4 is 0 Å². The SMILES string of the molecule is CCC(C)c1ccc(C(Br)C2CCCCCC2)cc1. The molecule has 0 radical (unpaired) electrons. The lowest BCUT2D eigenvalue weighted by molar-refractivity contribution is 0.454. The molecule has 0 aromatic heterocycles. The molecule has 0 bridgehead atoms. The number of alkyl halides is 1. The summed E-state index contributed by atoms with van der Waals surface area (Å²) >= 11 is 3.96. The zero-order valence-corrected chi connectivity index (χ0v) is 14.0. The van der Waals surface area contributed by atoms with E-state index in [0.29, 0.717) is 10.7 Å². The minimum absolute atomic E-state index is 0.552. The van der Waals surface area contributed by atoms with Gasteiger partial charge in [0.05, 0.1) is 0 Å². The Hall–Kier alpha value is -0.300. The molecule has 1 aliphatic rings. The summed E-state index contributed by atoms with van der Waals surface area (Å²) in [5.74, 6) is 1.51. The predicted molar refractivity (Wildman–Crippen MR) is 88.0 cm³/mol. The molecular formula is C18H27Br. The first kappa shape index (κ1) is 15.1. The van der Waals surface area contributed by atoms with Gasteiger partial charge in [0.25, 0.3) is 0 Å². The Morgan fingerprint density at radius 2 is 1.53 bits per heavy atom. The van der Waals surface area contributed by atoms with Crippen molar-refractivity contribution in [2.75, 3.05) is 0 Å². The topological polar surface area (TPSA) is 0 Å². The lowest BCUT2D eigenvalue weighted by Crippen LogP contribution is -2.07. The van der Waals surface area contributed by atoms with Gasteiger partial charge in [-0.1, -0.05) is 79.7 Å². The molecule has 1 aromatic carbocycles. The second-order valence-electron chi connectivity index (χ2n) is 6.13. The van der Waals surface area contributed by atoms with Gasteiger partial charge in [-0.15, -0.1) is 0 Å². The third-order valence-corrected chi connectivity index (χ3v) is 6.03. The fourth-order valence-electron chi connectivity index (χ4n) is 3.12. The van der Waals surface area contributed by atoms with Crippen LogP contribution in [-0.4, -0.2) is 0 Å². The summed E-state index contributed by atoms with van der Waals surface area (Å²) in [6, 6.07) is 9.33. The number of rotatable bonds is 4. The molecule has 1 heteroatoms. The molecule has 0 N–H and O–H groups in total. The maximum atomic E-state index is 3.96. The van der Waals surface area contributed by atoms with Crippen molar-refractivity contribution >= 4 is 15.9 Å². The quantitative estimate of drug-likeness (QED) is 0.432. The molecule has 0 spiro atoms. The minimum Gasteiger partial charge on any atom is -0.0836 e. The smallest absolute Gasteiger partial charge is 0.0423 e. The molecule has 2 rings (SSSR count). The average Bonchev–Trinajstić information content (AvgIpc) is 2.75. The van der Waals surface area contributed by atoms with Crippen LogP contribution in [-0.2, 0) is 0 Å². The Kier molecular flexibility index (Phi) is 5.94. The molecule has 1 aliphatic carbocycles. The van der Waals surface area contributed by atoms with Crippen LogP contribution in [0.3, 0.4) is 0 Å². The highest BCUT2D eigenvalue weighted by Gasteiger charge is 2.21. The van der Waals surface area contributed by atoms with E-state index in [9.17, 15) is 0 Å². The van der Waals surface area contributed by atoms with Gasteiger partial charge in [-0.05, 0) is 42.2 Å². The van der Waals surface area contributed by atoms with Gasteiger partial charge in [0.1, 0.15) is 0 Å². The first-order chi connectivity index (χ1) is 9.22. The van der Waals surface area contributed by atoms with Crippen molar-refractivity contribution in [3.63, 3.8) is 0 Å². The van der Waals surface area contributed by atoms with Crippen molar-refractivity contribution < 1.29 is 0 Å². The fraction of sp³-hybridized carbons (Fsp3) is 0.667. The molecule has 1 fully saturated rings. The lowest BCUT2D eigenvalue weighted by atomic mass is 9.90. The highest BCUT2D eigenvalue weighted by atomic mass is 79.9. The molecule has 0 amide bonds. The third-order valence-electron chi connectivity index (χ3n) is 4.75. The molecular weight excluding hydrogens is 296 g/mol. The van der Waals surface area contributed by atoms with Crippen LogP contribution >= 0.6 is 15.9 Å². The van der Waals surface area contributed by atoms with Crippen LogP contribution in [0.2, 0.25) is 0 Å².